The van der Waals surface area contributed by atoms with Crippen molar-refractivity contribution in [2.75, 3.05) is 13.2 Å². The van der Waals surface area contributed by atoms with Gasteiger partial charge in [-0.25, -0.2) is 4.57 Å². The highest BCUT2D eigenvalue weighted by molar-refractivity contribution is 7.46. The van der Waals surface area contributed by atoms with E-state index in [-0.39, 0.29) is 19.4 Å². The molecule has 2 atom stereocenters. The molecule has 0 aromatic carbocycles. The number of unbranched alkanes of at least 4 members (excludes halogenated alkanes) is 10. The van der Waals surface area contributed by atoms with E-state index in [9.17, 15) is 19.3 Å². The summed E-state index contributed by atoms with van der Waals surface area (Å²) in [5.74, 6) is -0.331. The van der Waals surface area contributed by atoms with Gasteiger partial charge in [0.25, 0.3) is 0 Å². The van der Waals surface area contributed by atoms with Crippen LogP contribution < -0.4 is 0 Å². The Morgan fingerprint density at radius 3 is 1.98 bits per heavy atom. The van der Waals surface area contributed by atoms with Gasteiger partial charge in [0.1, 0.15) is 6.61 Å². The number of aliphatic hydroxyl groups excluding tert-OH is 1. The van der Waals surface area contributed by atoms with Crippen LogP contribution in [0.15, 0.2) is 48.6 Å². The first-order chi connectivity index (χ1) is 22.5. The van der Waals surface area contributed by atoms with Gasteiger partial charge in [-0.2, -0.15) is 0 Å². The number of rotatable bonds is 31. The quantitative estimate of drug-likeness (QED) is 0.0214. The SMILES string of the molecule is CCCCC/C=C\C/C=C\C/C=C\C=C\[C@H](O)CCCC(=O)O[C@H](COC(=O)CCCCCCCCCCC(C)C)COP(=O)(O)O. The van der Waals surface area contributed by atoms with E-state index in [1.165, 1.54) is 51.4 Å². The summed E-state index contributed by atoms with van der Waals surface area (Å²) in [6.45, 7) is 5.73. The molecule has 10 heteroatoms. The van der Waals surface area contributed by atoms with Gasteiger partial charge in [0, 0.05) is 12.8 Å². The van der Waals surface area contributed by atoms with E-state index >= 15 is 0 Å². The first-order valence-corrected chi connectivity index (χ1v) is 19.4. The highest BCUT2D eigenvalue weighted by Crippen LogP contribution is 2.36. The van der Waals surface area contributed by atoms with Crippen molar-refractivity contribution in [3.8, 4) is 0 Å². The number of hydrogen-bond donors (Lipinski definition) is 3. The predicted molar refractivity (Wildman–Crippen MR) is 190 cm³/mol. The zero-order valence-electron chi connectivity index (χ0n) is 29.4. The molecule has 0 heterocycles. The second-order valence-corrected chi connectivity index (χ2v) is 13.8. The van der Waals surface area contributed by atoms with Crippen molar-refractivity contribution in [1.82, 2.24) is 0 Å². The maximum Gasteiger partial charge on any atom is 0.469 e. The third-order valence-electron chi connectivity index (χ3n) is 7.38. The van der Waals surface area contributed by atoms with Crippen molar-refractivity contribution in [1.29, 1.82) is 0 Å². The fourth-order valence-electron chi connectivity index (χ4n) is 4.66. The summed E-state index contributed by atoms with van der Waals surface area (Å²) in [7, 11) is -4.80. The molecule has 0 rings (SSSR count). The van der Waals surface area contributed by atoms with Crippen molar-refractivity contribution in [3.63, 3.8) is 0 Å². The highest BCUT2D eigenvalue weighted by atomic mass is 31.2. The van der Waals surface area contributed by atoms with E-state index in [4.69, 9.17) is 19.3 Å². The molecule has 0 aliphatic carbocycles. The molecule has 0 amide bonds. The number of phosphoric ester groups is 1. The molecule has 0 aromatic rings. The Kier molecular flexibility index (Phi) is 29.9. The topological polar surface area (TPSA) is 140 Å². The Bertz CT molecular complexity index is 936. The molecular weight excluding hydrogens is 619 g/mol. The zero-order chi connectivity index (χ0) is 35.0. The molecule has 9 nitrogen and oxygen atoms in total. The molecule has 0 fully saturated rings. The van der Waals surface area contributed by atoms with Crippen LogP contribution in [0.1, 0.15) is 143 Å². The second kappa shape index (κ2) is 31.3. The van der Waals surface area contributed by atoms with Crippen LogP contribution in [0.3, 0.4) is 0 Å². The van der Waals surface area contributed by atoms with Gasteiger partial charge in [-0.1, -0.05) is 134 Å². The minimum atomic E-state index is -4.80. The van der Waals surface area contributed by atoms with Gasteiger partial charge in [0.05, 0.1) is 12.7 Å². The fourth-order valence-corrected chi connectivity index (χ4v) is 5.02. The van der Waals surface area contributed by atoms with Gasteiger partial charge in [-0.05, 0) is 50.9 Å². The smallest absolute Gasteiger partial charge is 0.462 e. The Hall–Kier alpha value is -2.03. The van der Waals surface area contributed by atoms with Crippen LogP contribution in [0.5, 0.6) is 0 Å². The van der Waals surface area contributed by atoms with Crippen LogP contribution in [-0.4, -0.2) is 52.3 Å². The van der Waals surface area contributed by atoms with Gasteiger partial charge in [-0.15, -0.1) is 0 Å². The lowest BCUT2D eigenvalue weighted by Gasteiger charge is -2.18. The summed E-state index contributed by atoms with van der Waals surface area (Å²) < 4.78 is 26.1. The van der Waals surface area contributed by atoms with Crippen molar-refractivity contribution in [3.05, 3.63) is 48.6 Å². The zero-order valence-corrected chi connectivity index (χ0v) is 30.3. The normalized spacial score (nSPS) is 13.9. The van der Waals surface area contributed by atoms with Gasteiger partial charge in [-0.3, -0.25) is 14.1 Å². The van der Waals surface area contributed by atoms with Crippen molar-refractivity contribution in [2.24, 2.45) is 5.92 Å². The summed E-state index contributed by atoms with van der Waals surface area (Å²) in [5.41, 5.74) is 0. The molecule has 0 aromatic heterocycles. The molecule has 0 aliphatic rings. The summed E-state index contributed by atoms with van der Waals surface area (Å²) in [6.07, 6.45) is 31.7. The number of carbonyl (C=O) groups is 2. The molecule has 0 unspecified atom stereocenters. The first kappa shape index (κ1) is 45.0. The average molecular weight is 685 g/mol. The maximum atomic E-state index is 12.3. The Labute approximate surface area is 285 Å². The lowest BCUT2D eigenvalue weighted by Crippen LogP contribution is -2.29. The van der Waals surface area contributed by atoms with E-state index in [0.29, 0.717) is 19.3 Å². The molecule has 0 saturated carbocycles. The highest BCUT2D eigenvalue weighted by Gasteiger charge is 2.23. The largest absolute Gasteiger partial charge is 0.469 e. The summed E-state index contributed by atoms with van der Waals surface area (Å²) in [4.78, 5) is 42.6. The Morgan fingerprint density at radius 2 is 1.32 bits per heavy atom. The van der Waals surface area contributed by atoms with Crippen molar-refractivity contribution in [2.45, 2.75) is 155 Å². The molecule has 0 bridgehead atoms. The number of esters is 2. The van der Waals surface area contributed by atoms with Gasteiger partial charge >= 0.3 is 19.8 Å². The molecule has 0 spiro atoms. The summed E-state index contributed by atoms with van der Waals surface area (Å²) in [6, 6.07) is 0. The maximum absolute atomic E-state index is 12.3. The number of hydrogen-bond acceptors (Lipinski definition) is 7. The minimum absolute atomic E-state index is 0.0172. The van der Waals surface area contributed by atoms with Gasteiger partial charge < -0.3 is 24.4 Å². The molecular formula is C37H65O9P. The lowest BCUT2D eigenvalue weighted by molar-refractivity contribution is -0.161. The summed E-state index contributed by atoms with van der Waals surface area (Å²) >= 11 is 0. The number of aliphatic hydroxyl groups is 1. The van der Waals surface area contributed by atoms with Crippen LogP contribution in [0.2, 0.25) is 0 Å². The molecule has 0 radical (unpaired) electrons. The molecule has 0 saturated heterocycles. The van der Waals surface area contributed by atoms with E-state index in [2.05, 4.69) is 49.6 Å². The van der Waals surface area contributed by atoms with Crippen molar-refractivity contribution >= 4 is 19.8 Å². The standard InChI is InChI=1S/C37H65O9P/c1-4-5-6-7-8-9-10-11-12-13-17-20-23-27-34(38)28-25-30-37(40)46-35(32-45-47(41,42)43)31-44-36(39)29-24-21-18-15-14-16-19-22-26-33(2)3/h8-9,11-12,17,20,23,27,33-35,38H,4-7,10,13-16,18-19,21-22,24-26,28-32H2,1-3H3,(H2,41,42,43)/b9-8-,12-11-,20-17-,27-23+/t34-,35+/m0/s1. The Balaban J connectivity index is 4.24. The van der Waals surface area contributed by atoms with Gasteiger partial charge in [0.2, 0.25) is 0 Å². The third-order valence-corrected chi connectivity index (χ3v) is 7.87. The number of phosphoric acid groups is 1. The Morgan fingerprint density at radius 1 is 0.702 bits per heavy atom. The van der Waals surface area contributed by atoms with Crippen LogP contribution in [0, 0.1) is 5.92 Å². The predicted octanol–water partition coefficient (Wildman–Crippen LogP) is 9.22. The molecule has 3 N–H and O–H groups in total. The molecule has 0 aliphatic heterocycles. The van der Waals surface area contributed by atoms with Crippen LogP contribution in [0.25, 0.3) is 0 Å². The average Bonchev–Trinajstić information content (AvgIpc) is 3.01. The van der Waals surface area contributed by atoms with Crippen LogP contribution in [-0.2, 0) is 28.2 Å². The molecule has 47 heavy (non-hydrogen) atoms. The second-order valence-electron chi connectivity index (χ2n) is 12.5. The van der Waals surface area contributed by atoms with E-state index in [0.717, 1.165) is 44.4 Å². The fraction of sp³-hybridized carbons (Fsp3) is 0.730. The minimum Gasteiger partial charge on any atom is -0.462 e. The first-order valence-electron chi connectivity index (χ1n) is 17.9. The van der Waals surface area contributed by atoms with Crippen molar-refractivity contribution < 1.29 is 43.0 Å². The molecule has 272 valence electrons. The number of ether oxygens (including phenoxy) is 2. The lowest BCUT2D eigenvalue weighted by atomic mass is 10.0. The van der Waals surface area contributed by atoms with E-state index in [1.807, 2.05) is 12.2 Å². The monoisotopic (exact) mass is 684 g/mol. The van der Waals surface area contributed by atoms with Gasteiger partial charge in [0.15, 0.2) is 6.10 Å². The van der Waals surface area contributed by atoms with Crippen LogP contribution in [0.4, 0.5) is 0 Å². The number of allylic oxidation sites excluding steroid dienone is 7. The van der Waals surface area contributed by atoms with E-state index in [1.54, 1.807) is 12.2 Å². The third kappa shape index (κ3) is 35.1. The van der Waals surface area contributed by atoms with E-state index < -0.39 is 38.6 Å². The summed E-state index contributed by atoms with van der Waals surface area (Å²) in [5, 5.41) is 10.2. The van der Waals surface area contributed by atoms with Crippen LogP contribution >= 0.6 is 7.82 Å². The number of carbonyl (C=O) groups excluding carboxylic acids is 2.